The molecule has 0 amide bonds. The smallest absolute Gasteiger partial charge is 0.302 e. The van der Waals surface area contributed by atoms with Gasteiger partial charge in [0.05, 0.1) is 0 Å². The molecule has 0 aliphatic heterocycles. The number of rotatable bonds is 1. The van der Waals surface area contributed by atoms with Gasteiger partial charge in [-0.1, -0.05) is 27.7 Å². The number of hydrogen-bond donors (Lipinski definition) is 0. The fourth-order valence-corrected chi connectivity index (χ4v) is 2.08. The molecule has 1 saturated carbocycles. The van der Waals surface area contributed by atoms with Crippen LogP contribution in [-0.2, 0) is 9.53 Å². The lowest BCUT2D eigenvalue weighted by Crippen LogP contribution is -2.25. The molecule has 1 aliphatic rings. The van der Waals surface area contributed by atoms with E-state index in [4.69, 9.17) is 4.74 Å². The first-order valence-corrected chi connectivity index (χ1v) is 4.92. The number of ether oxygens (including phenoxy) is 1. The number of hydrogen-bond acceptors (Lipinski definition) is 2. The summed E-state index contributed by atoms with van der Waals surface area (Å²) >= 11 is 0. The molecular formula is C11H20O2. The summed E-state index contributed by atoms with van der Waals surface area (Å²) in [4.78, 5) is 10.8. The molecule has 0 spiro atoms. The van der Waals surface area contributed by atoms with E-state index >= 15 is 0 Å². The highest BCUT2D eigenvalue weighted by molar-refractivity contribution is 5.66. The monoisotopic (exact) mass is 184 g/mol. The molecule has 0 aromatic carbocycles. The summed E-state index contributed by atoms with van der Waals surface area (Å²) in [6.07, 6.45) is 2.10. The van der Waals surface area contributed by atoms with Crippen LogP contribution in [0.3, 0.4) is 0 Å². The molecular weight excluding hydrogens is 164 g/mol. The molecule has 0 N–H and O–H groups in total. The average molecular weight is 184 g/mol. The first kappa shape index (κ1) is 10.6. The van der Waals surface area contributed by atoms with Gasteiger partial charge in [-0.05, 0) is 23.7 Å². The minimum atomic E-state index is -0.154. The van der Waals surface area contributed by atoms with Crippen LogP contribution in [0.2, 0.25) is 0 Å². The molecule has 2 heteroatoms. The average Bonchev–Trinajstić information content (AvgIpc) is 1.98. The van der Waals surface area contributed by atoms with Crippen LogP contribution in [-0.4, -0.2) is 12.1 Å². The molecule has 0 aromatic rings. The van der Waals surface area contributed by atoms with E-state index in [0.29, 0.717) is 0 Å². The standard InChI is InChI=1S/C11H20O2/c1-8(12)13-9-6-10(2,3)11(4,5)7-9/h9H,6-7H2,1-5H3. The summed E-state index contributed by atoms with van der Waals surface area (Å²) in [7, 11) is 0. The molecule has 1 aliphatic carbocycles. The Morgan fingerprint density at radius 2 is 1.54 bits per heavy atom. The van der Waals surface area contributed by atoms with E-state index < -0.39 is 0 Å². The van der Waals surface area contributed by atoms with E-state index in [1.165, 1.54) is 6.92 Å². The predicted octanol–water partition coefficient (Wildman–Crippen LogP) is 2.76. The van der Waals surface area contributed by atoms with Crippen molar-refractivity contribution in [1.82, 2.24) is 0 Å². The zero-order valence-electron chi connectivity index (χ0n) is 9.31. The van der Waals surface area contributed by atoms with Crippen molar-refractivity contribution < 1.29 is 9.53 Å². The second-order valence-electron chi connectivity index (χ2n) is 5.41. The lowest BCUT2D eigenvalue weighted by Gasteiger charge is -2.33. The van der Waals surface area contributed by atoms with Crippen molar-refractivity contribution >= 4 is 5.97 Å². The van der Waals surface area contributed by atoms with E-state index in [1.54, 1.807) is 0 Å². The van der Waals surface area contributed by atoms with Crippen LogP contribution in [0, 0.1) is 10.8 Å². The lowest BCUT2D eigenvalue weighted by molar-refractivity contribution is -0.146. The van der Waals surface area contributed by atoms with E-state index in [1.807, 2.05) is 0 Å². The number of carbonyl (C=O) groups is 1. The molecule has 0 bridgehead atoms. The number of carbonyl (C=O) groups excluding carboxylic acids is 1. The normalized spacial score (nSPS) is 25.9. The SMILES string of the molecule is CC(=O)OC1CC(C)(C)C(C)(C)C1. The van der Waals surface area contributed by atoms with Gasteiger partial charge in [0.2, 0.25) is 0 Å². The van der Waals surface area contributed by atoms with Crippen LogP contribution in [0.25, 0.3) is 0 Å². The molecule has 13 heavy (non-hydrogen) atoms. The second kappa shape index (κ2) is 3.00. The zero-order chi connectivity index (χ0) is 10.3. The molecule has 1 fully saturated rings. The van der Waals surface area contributed by atoms with Gasteiger partial charge in [0.1, 0.15) is 6.10 Å². The third-order valence-corrected chi connectivity index (χ3v) is 3.64. The Hall–Kier alpha value is -0.530. The van der Waals surface area contributed by atoms with E-state index in [-0.39, 0.29) is 22.9 Å². The maximum atomic E-state index is 10.8. The van der Waals surface area contributed by atoms with Gasteiger partial charge in [0.15, 0.2) is 0 Å². The van der Waals surface area contributed by atoms with Crippen LogP contribution in [0.15, 0.2) is 0 Å². The Morgan fingerprint density at radius 3 is 1.85 bits per heavy atom. The van der Waals surface area contributed by atoms with Crippen LogP contribution in [0.4, 0.5) is 0 Å². The molecule has 0 aromatic heterocycles. The van der Waals surface area contributed by atoms with Crippen LogP contribution >= 0.6 is 0 Å². The Labute approximate surface area is 80.7 Å². The topological polar surface area (TPSA) is 26.3 Å². The molecule has 0 heterocycles. The summed E-state index contributed by atoms with van der Waals surface area (Å²) in [6.45, 7) is 10.5. The van der Waals surface area contributed by atoms with Gasteiger partial charge >= 0.3 is 5.97 Å². The Bertz CT molecular complexity index is 200. The van der Waals surface area contributed by atoms with Gasteiger partial charge in [-0.3, -0.25) is 4.79 Å². The van der Waals surface area contributed by atoms with Gasteiger partial charge < -0.3 is 4.74 Å². The molecule has 0 saturated heterocycles. The quantitative estimate of drug-likeness (QED) is 0.586. The zero-order valence-corrected chi connectivity index (χ0v) is 9.31. The summed E-state index contributed by atoms with van der Waals surface area (Å²) in [6, 6.07) is 0. The first-order chi connectivity index (χ1) is 5.74. The van der Waals surface area contributed by atoms with E-state index in [0.717, 1.165) is 12.8 Å². The second-order valence-corrected chi connectivity index (χ2v) is 5.41. The fourth-order valence-electron chi connectivity index (χ4n) is 2.08. The highest BCUT2D eigenvalue weighted by Gasteiger charge is 2.47. The third-order valence-electron chi connectivity index (χ3n) is 3.64. The van der Waals surface area contributed by atoms with E-state index in [9.17, 15) is 4.79 Å². The molecule has 0 atom stereocenters. The van der Waals surface area contributed by atoms with Crippen LogP contribution in [0.1, 0.15) is 47.5 Å². The van der Waals surface area contributed by atoms with Gasteiger partial charge in [-0.2, -0.15) is 0 Å². The largest absolute Gasteiger partial charge is 0.463 e. The van der Waals surface area contributed by atoms with Crippen molar-refractivity contribution in [2.75, 3.05) is 0 Å². The van der Waals surface area contributed by atoms with Crippen molar-refractivity contribution in [1.29, 1.82) is 0 Å². The maximum absolute atomic E-state index is 10.8. The first-order valence-electron chi connectivity index (χ1n) is 4.92. The van der Waals surface area contributed by atoms with Crippen molar-refractivity contribution in [3.05, 3.63) is 0 Å². The lowest BCUT2D eigenvalue weighted by atomic mass is 9.71. The van der Waals surface area contributed by atoms with Crippen LogP contribution < -0.4 is 0 Å². The van der Waals surface area contributed by atoms with Crippen molar-refractivity contribution in [3.8, 4) is 0 Å². The van der Waals surface area contributed by atoms with Gasteiger partial charge in [0.25, 0.3) is 0 Å². The van der Waals surface area contributed by atoms with Crippen LogP contribution in [0.5, 0.6) is 0 Å². The molecule has 76 valence electrons. The van der Waals surface area contributed by atoms with Crippen molar-refractivity contribution in [2.45, 2.75) is 53.6 Å². The minimum Gasteiger partial charge on any atom is -0.463 e. The highest BCUT2D eigenvalue weighted by Crippen LogP contribution is 2.52. The minimum absolute atomic E-state index is 0.127. The van der Waals surface area contributed by atoms with Crippen molar-refractivity contribution in [2.24, 2.45) is 10.8 Å². The maximum Gasteiger partial charge on any atom is 0.302 e. The Kier molecular flexibility index (Phi) is 2.44. The number of esters is 1. The highest BCUT2D eigenvalue weighted by atomic mass is 16.5. The Morgan fingerprint density at radius 1 is 1.15 bits per heavy atom. The molecule has 2 nitrogen and oxygen atoms in total. The molecule has 1 rings (SSSR count). The Balaban J connectivity index is 2.65. The van der Waals surface area contributed by atoms with Crippen molar-refractivity contribution in [3.63, 3.8) is 0 Å². The van der Waals surface area contributed by atoms with E-state index in [2.05, 4.69) is 27.7 Å². The van der Waals surface area contributed by atoms with Gasteiger partial charge in [-0.15, -0.1) is 0 Å². The summed E-state index contributed by atoms with van der Waals surface area (Å²) in [5, 5.41) is 0. The van der Waals surface area contributed by atoms with Gasteiger partial charge in [-0.25, -0.2) is 0 Å². The predicted molar refractivity (Wildman–Crippen MR) is 52.4 cm³/mol. The fraction of sp³-hybridized carbons (Fsp3) is 0.909. The summed E-state index contributed by atoms with van der Waals surface area (Å²) in [5.41, 5.74) is 0.542. The van der Waals surface area contributed by atoms with Gasteiger partial charge in [0, 0.05) is 6.92 Å². The summed E-state index contributed by atoms with van der Waals surface area (Å²) in [5.74, 6) is -0.154. The third kappa shape index (κ3) is 2.04. The molecule has 0 unspecified atom stereocenters. The summed E-state index contributed by atoms with van der Waals surface area (Å²) < 4.78 is 5.24. The molecule has 0 radical (unpaired) electrons.